The molecule has 0 aliphatic heterocycles. The van der Waals surface area contributed by atoms with E-state index < -0.39 is 10.1 Å². The summed E-state index contributed by atoms with van der Waals surface area (Å²) in [6.07, 6.45) is 1.34. The Morgan fingerprint density at radius 3 is 2.67 bits per heavy atom. The minimum absolute atomic E-state index is 0.755. The average molecular weight is 269 g/mol. The van der Waals surface area contributed by atoms with Crippen molar-refractivity contribution in [1.82, 2.24) is 0 Å². The van der Waals surface area contributed by atoms with E-state index in [1.165, 1.54) is 17.4 Å². The Hall–Kier alpha value is -0.170. The van der Waals surface area contributed by atoms with Crippen LogP contribution in [0.15, 0.2) is 21.3 Å². The van der Waals surface area contributed by atoms with Gasteiger partial charge >= 0.3 is 0 Å². The molecule has 1 rings (SSSR count). The molecule has 12 heavy (non-hydrogen) atoms. The summed E-state index contributed by atoms with van der Waals surface area (Å²) in [4.78, 5) is 0.763. The first-order valence-corrected chi connectivity index (χ1v) is 6.04. The van der Waals surface area contributed by atoms with E-state index in [0.717, 1.165) is 14.8 Å². The van der Waals surface area contributed by atoms with E-state index in [-0.39, 0.29) is 0 Å². The Morgan fingerprint density at radius 2 is 2.25 bits per heavy atom. The highest BCUT2D eigenvalue weighted by molar-refractivity contribution is 9.10. The van der Waals surface area contributed by atoms with Crippen molar-refractivity contribution in [1.29, 1.82) is 0 Å². The molecular formula is C6H5BrO3S2. The Kier molecular flexibility index (Phi) is 3.05. The van der Waals surface area contributed by atoms with E-state index >= 15 is 0 Å². The largest absolute Gasteiger partial charge is 0.287 e. The molecule has 0 fully saturated rings. The van der Waals surface area contributed by atoms with Crippen LogP contribution in [0.5, 0.6) is 0 Å². The highest BCUT2D eigenvalue weighted by Crippen LogP contribution is 2.20. The minimum atomic E-state index is -4.00. The van der Waals surface area contributed by atoms with Gasteiger partial charge < -0.3 is 0 Å². The van der Waals surface area contributed by atoms with Crippen LogP contribution in [-0.4, -0.2) is 13.0 Å². The molecule has 0 radical (unpaired) electrons. The van der Waals surface area contributed by atoms with E-state index in [1.54, 1.807) is 6.07 Å². The third-order valence-electron chi connectivity index (χ3n) is 0.992. The second kappa shape index (κ2) is 3.69. The van der Waals surface area contributed by atoms with Crippen molar-refractivity contribution < 1.29 is 13.0 Å². The van der Waals surface area contributed by atoms with Gasteiger partial charge in [0.2, 0.25) is 0 Å². The van der Waals surface area contributed by atoms with Gasteiger partial charge in [0.15, 0.2) is 0 Å². The normalized spacial score (nSPS) is 12.5. The maximum atomic E-state index is 10.3. The molecule has 0 bridgehead atoms. The van der Waals surface area contributed by atoms with Crippen molar-refractivity contribution in [2.45, 2.75) is 0 Å². The van der Waals surface area contributed by atoms with Crippen molar-refractivity contribution in [3.8, 4) is 0 Å². The van der Waals surface area contributed by atoms with E-state index in [1.807, 2.05) is 5.38 Å². The monoisotopic (exact) mass is 268 g/mol. The predicted molar refractivity (Wildman–Crippen MR) is 52.6 cm³/mol. The second-order valence-electron chi connectivity index (χ2n) is 1.99. The molecule has 0 unspecified atom stereocenters. The molecule has 1 aromatic heterocycles. The second-order valence-corrected chi connectivity index (χ2v) is 5.15. The van der Waals surface area contributed by atoms with Gasteiger partial charge in [-0.1, -0.05) is 0 Å². The quantitative estimate of drug-likeness (QED) is 0.838. The van der Waals surface area contributed by atoms with Crippen LogP contribution in [0.25, 0.3) is 6.08 Å². The fourth-order valence-corrected chi connectivity index (χ4v) is 2.31. The van der Waals surface area contributed by atoms with Gasteiger partial charge in [-0.2, -0.15) is 8.42 Å². The molecule has 1 aromatic rings. The van der Waals surface area contributed by atoms with Crippen molar-refractivity contribution in [3.05, 3.63) is 26.2 Å². The number of thiophene rings is 1. The maximum absolute atomic E-state index is 10.3. The van der Waals surface area contributed by atoms with Gasteiger partial charge in [-0.15, -0.1) is 11.3 Å². The van der Waals surface area contributed by atoms with Crippen molar-refractivity contribution in [3.63, 3.8) is 0 Å². The van der Waals surface area contributed by atoms with Crippen LogP contribution < -0.4 is 0 Å². The van der Waals surface area contributed by atoms with Gasteiger partial charge in [-0.3, -0.25) is 4.55 Å². The fraction of sp³-hybridized carbons (Fsp3) is 0. The molecule has 0 aromatic carbocycles. The Morgan fingerprint density at radius 1 is 1.58 bits per heavy atom. The molecular weight excluding hydrogens is 264 g/mol. The van der Waals surface area contributed by atoms with Crippen LogP contribution in [0, 0.1) is 0 Å². The van der Waals surface area contributed by atoms with Crippen LogP contribution in [0.2, 0.25) is 0 Å². The predicted octanol–water partition coefficient (Wildman–Crippen LogP) is 2.37. The summed E-state index contributed by atoms with van der Waals surface area (Å²) >= 11 is 4.60. The first-order valence-electron chi connectivity index (χ1n) is 2.87. The minimum Gasteiger partial charge on any atom is -0.282 e. The molecule has 3 nitrogen and oxygen atoms in total. The van der Waals surface area contributed by atoms with Gasteiger partial charge in [-0.25, -0.2) is 0 Å². The van der Waals surface area contributed by atoms with E-state index in [2.05, 4.69) is 15.9 Å². The fourth-order valence-electron chi connectivity index (χ4n) is 0.569. The smallest absolute Gasteiger partial charge is 0.282 e. The third kappa shape index (κ3) is 3.48. The van der Waals surface area contributed by atoms with Crippen molar-refractivity contribution in [2.75, 3.05) is 0 Å². The van der Waals surface area contributed by atoms with E-state index in [9.17, 15) is 8.42 Å². The van der Waals surface area contributed by atoms with Gasteiger partial charge in [-0.05, 0) is 28.1 Å². The standard InChI is InChI=1S/C6H5BrO3S2/c7-5-3-6(11-4-5)1-2-12(8,9)10/h1-4H,(H,8,9,10)/b2-1+. The summed E-state index contributed by atoms with van der Waals surface area (Å²) in [7, 11) is -4.00. The number of hydrogen-bond donors (Lipinski definition) is 1. The van der Waals surface area contributed by atoms with Crippen LogP contribution in [0.4, 0.5) is 0 Å². The zero-order valence-electron chi connectivity index (χ0n) is 5.77. The van der Waals surface area contributed by atoms with Gasteiger partial charge in [0.1, 0.15) is 0 Å². The average Bonchev–Trinajstić information content (AvgIpc) is 2.30. The summed E-state index contributed by atoms with van der Waals surface area (Å²) in [5.74, 6) is 0. The Balaban J connectivity index is 2.84. The van der Waals surface area contributed by atoms with Crippen LogP contribution >= 0.6 is 27.3 Å². The van der Waals surface area contributed by atoms with Gasteiger partial charge in [0, 0.05) is 14.7 Å². The summed E-state index contributed by atoms with van der Waals surface area (Å²) in [6.45, 7) is 0. The molecule has 66 valence electrons. The van der Waals surface area contributed by atoms with Gasteiger partial charge in [0.05, 0.1) is 5.41 Å². The summed E-state index contributed by atoms with van der Waals surface area (Å²) < 4.78 is 29.8. The van der Waals surface area contributed by atoms with Crippen molar-refractivity contribution in [2.24, 2.45) is 0 Å². The highest BCUT2D eigenvalue weighted by Gasteiger charge is 1.97. The molecule has 0 saturated carbocycles. The molecule has 0 amide bonds. The highest BCUT2D eigenvalue weighted by atomic mass is 79.9. The van der Waals surface area contributed by atoms with Crippen LogP contribution in [0.3, 0.4) is 0 Å². The lowest BCUT2D eigenvalue weighted by atomic mass is 10.5. The van der Waals surface area contributed by atoms with E-state index in [4.69, 9.17) is 4.55 Å². The number of halogens is 1. The van der Waals surface area contributed by atoms with E-state index in [0.29, 0.717) is 0 Å². The zero-order chi connectivity index (χ0) is 9.19. The molecule has 0 spiro atoms. The third-order valence-corrected chi connectivity index (χ3v) is 3.13. The SMILES string of the molecule is O=S(=O)(O)/C=C/c1cc(Br)cs1. The molecule has 0 atom stereocenters. The lowest BCUT2D eigenvalue weighted by molar-refractivity contribution is 0.494. The summed E-state index contributed by atoms with van der Waals surface area (Å²) in [6, 6.07) is 1.76. The van der Waals surface area contributed by atoms with Crippen molar-refractivity contribution >= 4 is 43.5 Å². The Bertz CT molecular complexity index is 391. The number of rotatable bonds is 2. The first kappa shape index (κ1) is 9.91. The molecule has 1 N–H and O–H groups in total. The molecule has 1 heterocycles. The lowest BCUT2D eigenvalue weighted by Crippen LogP contribution is -1.88. The maximum Gasteiger partial charge on any atom is 0.287 e. The molecule has 0 aliphatic rings. The first-order chi connectivity index (χ1) is 5.47. The lowest BCUT2D eigenvalue weighted by Gasteiger charge is -1.82. The number of hydrogen-bond acceptors (Lipinski definition) is 3. The molecule has 6 heteroatoms. The zero-order valence-corrected chi connectivity index (χ0v) is 8.99. The summed E-state index contributed by atoms with van der Waals surface area (Å²) in [5.41, 5.74) is 0. The van der Waals surface area contributed by atoms with Crippen LogP contribution in [-0.2, 0) is 10.1 Å². The topological polar surface area (TPSA) is 54.4 Å². The Labute approximate surface area is 82.6 Å². The molecule has 0 aliphatic carbocycles. The molecule has 0 saturated heterocycles. The van der Waals surface area contributed by atoms with Gasteiger partial charge in [0.25, 0.3) is 10.1 Å². The van der Waals surface area contributed by atoms with Crippen LogP contribution in [0.1, 0.15) is 4.88 Å². The summed E-state index contributed by atoms with van der Waals surface area (Å²) in [5, 5.41) is 2.58.